The molecule has 0 unspecified atom stereocenters. The van der Waals surface area contributed by atoms with Gasteiger partial charge < -0.3 is 0 Å². The summed E-state index contributed by atoms with van der Waals surface area (Å²) in [5.74, 6) is 1.86. The molecule has 5 nitrogen and oxygen atoms in total. The zero-order valence-electron chi connectivity index (χ0n) is 13.1. The van der Waals surface area contributed by atoms with Crippen molar-refractivity contribution in [3.05, 3.63) is 41.7 Å². The molecule has 0 aliphatic heterocycles. The molecule has 0 saturated heterocycles. The fourth-order valence-corrected chi connectivity index (χ4v) is 3.14. The molecule has 22 heavy (non-hydrogen) atoms. The third-order valence-electron chi connectivity index (χ3n) is 4.91. The Morgan fingerprint density at radius 2 is 1.91 bits per heavy atom. The standard InChI is InChI=1S/C17H23N5/c1-13(15-7-8-15)21(11-14-5-3-2-4-6-14)12-17-18-19-20-22(17)16-9-10-16/h2-6,13,15-16H,7-12H2,1H3/t13-/m0/s1. The molecule has 1 aromatic heterocycles. The predicted molar refractivity (Wildman–Crippen MR) is 84.0 cm³/mol. The lowest BCUT2D eigenvalue weighted by Gasteiger charge is -2.28. The van der Waals surface area contributed by atoms with E-state index in [1.807, 2.05) is 4.68 Å². The summed E-state index contributed by atoms with van der Waals surface area (Å²) in [6, 6.07) is 11.8. The molecule has 0 radical (unpaired) electrons. The SMILES string of the molecule is C[C@@H](C1CC1)N(Cc1ccccc1)Cc1nnnn1C1CC1. The summed E-state index contributed by atoms with van der Waals surface area (Å²) in [7, 11) is 0. The van der Waals surface area contributed by atoms with Crippen molar-refractivity contribution in [1.29, 1.82) is 0 Å². The highest BCUT2D eigenvalue weighted by Crippen LogP contribution is 2.37. The summed E-state index contributed by atoms with van der Waals surface area (Å²) < 4.78 is 2.04. The van der Waals surface area contributed by atoms with E-state index in [1.54, 1.807) is 0 Å². The summed E-state index contributed by atoms with van der Waals surface area (Å²) in [6.45, 7) is 4.16. The molecule has 2 aromatic rings. The Morgan fingerprint density at radius 1 is 1.14 bits per heavy atom. The van der Waals surface area contributed by atoms with Crippen LogP contribution < -0.4 is 0 Å². The summed E-state index contributed by atoms with van der Waals surface area (Å²) in [5.41, 5.74) is 1.36. The van der Waals surface area contributed by atoms with Gasteiger partial charge in [-0.3, -0.25) is 4.90 Å². The summed E-state index contributed by atoms with van der Waals surface area (Å²) in [5, 5.41) is 12.4. The van der Waals surface area contributed by atoms with Crippen molar-refractivity contribution >= 4 is 0 Å². The zero-order valence-corrected chi connectivity index (χ0v) is 13.1. The van der Waals surface area contributed by atoms with Gasteiger partial charge in [-0.15, -0.1) is 5.10 Å². The quantitative estimate of drug-likeness (QED) is 0.788. The van der Waals surface area contributed by atoms with Gasteiger partial charge in [-0.05, 0) is 54.5 Å². The lowest BCUT2D eigenvalue weighted by atomic mass is 10.1. The molecular weight excluding hydrogens is 274 g/mol. The van der Waals surface area contributed by atoms with E-state index in [4.69, 9.17) is 0 Å². The van der Waals surface area contributed by atoms with Crippen molar-refractivity contribution in [2.75, 3.05) is 0 Å². The molecule has 2 aliphatic rings. The molecule has 0 N–H and O–H groups in total. The Balaban J connectivity index is 1.52. The molecule has 4 rings (SSSR count). The van der Waals surface area contributed by atoms with Crippen LogP contribution in [-0.2, 0) is 13.1 Å². The van der Waals surface area contributed by atoms with Crippen LogP contribution in [-0.4, -0.2) is 31.1 Å². The maximum atomic E-state index is 4.28. The van der Waals surface area contributed by atoms with Crippen molar-refractivity contribution < 1.29 is 0 Å². The summed E-state index contributed by atoms with van der Waals surface area (Å²) in [4.78, 5) is 2.54. The van der Waals surface area contributed by atoms with Crippen LogP contribution in [0.5, 0.6) is 0 Å². The Labute approximate surface area is 131 Å². The van der Waals surface area contributed by atoms with Crippen LogP contribution in [0.1, 0.15) is 50.0 Å². The molecule has 5 heteroatoms. The monoisotopic (exact) mass is 297 g/mol. The second-order valence-electron chi connectivity index (χ2n) is 6.74. The number of benzene rings is 1. The number of hydrogen-bond acceptors (Lipinski definition) is 4. The highest BCUT2D eigenvalue weighted by Gasteiger charge is 2.34. The molecule has 2 fully saturated rings. The van der Waals surface area contributed by atoms with Crippen molar-refractivity contribution in [2.24, 2.45) is 5.92 Å². The molecule has 2 saturated carbocycles. The Hall–Kier alpha value is -1.75. The molecule has 1 aromatic carbocycles. The van der Waals surface area contributed by atoms with Gasteiger partial charge in [0.15, 0.2) is 5.82 Å². The van der Waals surface area contributed by atoms with Crippen molar-refractivity contribution in [3.8, 4) is 0 Å². The molecule has 116 valence electrons. The smallest absolute Gasteiger partial charge is 0.165 e. The number of nitrogens with zero attached hydrogens (tertiary/aromatic N) is 5. The number of aromatic nitrogens is 4. The molecule has 0 spiro atoms. The van der Waals surface area contributed by atoms with Gasteiger partial charge in [0.25, 0.3) is 0 Å². The van der Waals surface area contributed by atoms with Gasteiger partial charge in [0.2, 0.25) is 0 Å². The minimum atomic E-state index is 0.541. The zero-order chi connectivity index (χ0) is 14.9. The highest BCUT2D eigenvalue weighted by atomic mass is 15.6. The first-order valence-corrected chi connectivity index (χ1v) is 8.36. The van der Waals surface area contributed by atoms with Gasteiger partial charge in [0.05, 0.1) is 12.6 Å². The van der Waals surface area contributed by atoms with E-state index in [-0.39, 0.29) is 0 Å². The molecule has 0 bridgehead atoms. The van der Waals surface area contributed by atoms with Crippen LogP contribution >= 0.6 is 0 Å². The molecule has 1 atom stereocenters. The van der Waals surface area contributed by atoms with Crippen molar-refractivity contribution in [2.45, 2.75) is 57.8 Å². The first-order valence-electron chi connectivity index (χ1n) is 8.36. The predicted octanol–water partition coefficient (Wildman–Crippen LogP) is 2.81. The maximum Gasteiger partial charge on any atom is 0.165 e. The van der Waals surface area contributed by atoms with E-state index < -0.39 is 0 Å². The number of rotatable bonds is 7. The van der Waals surface area contributed by atoms with E-state index in [1.165, 1.54) is 31.2 Å². The van der Waals surface area contributed by atoms with E-state index >= 15 is 0 Å². The average molecular weight is 297 g/mol. The minimum Gasteiger partial charge on any atom is -0.289 e. The second-order valence-corrected chi connectivity index (χ2v) is 6.74. The lowest BCUT2D eigenvalue weighted by Crippen LogP contribution is -2.34. The lowest BCUT2D eigenvalue weighted by molar-refractivity contribution is 0.164. The summed E-state index contributed by atoms with van der Waals surface area (Å²) >= 11 is 0. The van der Waals surface area contributed by atoms with Crippen LogP contribution in [0.2, 0.25) is 0 Å². The number of tetrazole rings is 1. The van der Waals surface area contributed by atoms with Gasteiger partial charge in [-0.2, -0.15) is 0 Å². The minimum absolute atomic E-state index is 0.541. The second kappa shape index (κ2) is 5.80. The molecule has 0 amide bonds. The Bertz CT molecular complexity index is 615. The van der Waals surface area contributed by atoms with Crippen LogP contribution in [0.25, 0.3) is 0 Å². The fourth-order valence-electron chi connectivity index (χ4n) is 3.14. The van der Waals surface area contributed by atoms with Gasteiger partial charge in [-0.1, -0.05) is 30.3 Å². The Morgan fingerprint density at radius 3 is 2.59 bits per heavy atom. The van der Waals surface area contributed by atoms with Crippen LogP contribution in [0.15, 0.2) is 30.3 Å². The molecule has 1 heterocycles. The number of hydrogen-bond donors (Lipinski definition) is 0. The maximum absolute atomic E-state index is 4.28. The third kappa shape index (κ3) is 3.04. The van der Waals surface area contributed by atoms with Crippen LogP contribution in [0.4, 0.5) is 0 Å². The average Bonchev–Trinajstić information content (AvgIpc) is 3.46. The van der Waals surface area contributed by atoms with E-state index in [9.17, 15) is 0 Å². The van der Waals surface area contributed by atoms with Crippen LogP contribution in [0, 0.1) is 5.92 Å². The Kier molecular flexibility index (Phi) is 3.66. The van der Waals surface area contributed by atoms with Gasteiger partial charge >= 0.3 is 0 Å². The van der Waals surface area contributed by atoms with E-state index in [0.29, 0.717) is 12.1 Å². The fraction of sp³-hybridized carbons (Fsp3) is 0.588. The highest BCUT2D eigenvalue weighted by molar-refractivity contribution is 5.15. The van der Waals surface area contributed by atoms with E-state index in [0.717, 1.165) is 24.8 Å². The first-order chi connectivity index (χ1) is 10.8. The van der Waals surface area contributed by atoms with Crippen LogP contribution in [0.3, 0.4) is 0 Å². The molecule has 2 aliphatic carbocycles. The van der Waals surface area contributed by atoms with E-state index in [2.05, 4.69) is 57.7 Å². The first kappa shape index (κ1) is 13.9. The van der Waals surface area contributed by atoms with Crippen molar-refractivity contribution in [1.82, 2.24) is 25.1 Å². The van der Waals surface area contributed by atoms with Gasteiger partial charge in [0.1, 0.15) is 0 Å². The van der Waals surface area contributed by atoms with Gasteiger partial charge in [0, 0.05) is 12.6 Å². The largest absolute Gasteiger partial charge is 0.289 e. The van der Waals surface area contributed by atoms with Crippen molar-refractivity contribution in [3.63, 3.8) is 0 Å². The van der Waals surface area contributed by atoms with Gasteiger partial charge in [-0.25, -0.2) is 4.68 Å². The topological polar surface area (TPSA) is 46.8 Å². The summed E-state index contributed by atoms with van der Waals surface area (Å²) in [6.07, 6.45) is 5.16. The molecular formula is C17H23N5. The third-order valence-corrected chi connectivity index (χ3v) is 4.91. The normalized spacial score (nSPS) is 19.5.